The lowest BCUT2D eigenvalue weighted by molar-refractivity contribution is 0.626. The van der Waals surface area contributed by atoms with Crippen LogP contribution in [0.5, 0.6) is 0 Å². The zero-order chi connectivity index (χ0) is 11.1. The largest absolute Gasteiger partial charge is 0.370 e. The van der Waals surface area contributed by atoms with E-state index in [9.17, 15) is 0 Å². The van der Waals surface area contributed by atoms with Crippen LogP contribution in [0.4, 0.5) is 5.82 Å². The summed E-state index contributed by atoms with van der Waals surface area (Å²) >= 11 is 0. The van der Waals surface area contributed by atoms with Crippen molar-refractivity contribution < 1.29 is 0 Å². The number of hydrogen-bond acceptors (Lipinski definition) is 4. The average molecular weight is 208 g/mol. The van der Waals surface area contributed by atoms with E-state index in [1.165, 1.54) is 0 Å². The second-order valence-corrected chi connectivity index (χ2v) is 3.87. The molecule has 4 nitrogen and oxygen atoms in total. The summed E-state index contributed by atoms with van der Waals surface area (Å²) in [6.45, 7) is 5.81. The third-order valence-corrected chi connectivity index (χ3v) is 2.26. The molecule has 3 N–H and O–H groups in total. The molecule has 0 aliphatic heterocycles. The highest BCUT2D eigenvalue weighted by Gasteiger charge is 2.01. The Morgan fingerprint density at radius 2 is 2.27 bits per heavy atom. The Balaban J connectivity index is 2.50. The smallest absolute Gasteiger partial charge is 0.129 e. The molecular weight excluding hydrogens is 188 g/mol. The number of aromatic nitrogens is 2. The minimum Gasteiger partial charge on any atom is -0.370 e. The van der Waals surface area contributed by atoms with Crippen LogP contribution in [0.2, 0.25) is 0 Å². The summed E-state index contributed by atoms with van der Waals surface area (Å²) in [6.07, 6.45) is 3.72. The zero-order valence-corrected chi connectivity index (χ0v) is 9.53. The van der Waals surface area contributed by atoms with Crippen LogP contribution in [0, 0.1) is 5.92 Å². The summed E-state index contributed by atoms with van der Waals surface area (Å²) in [5.74, 6) is 1.36. The second kappa shape index (κ2) is 6.35. The van der Waals surface area contributed by atoms with Crippen molar-refractivity contribution in [1.82, 2.24) is 9.97 Å². The lowest BCUT2D eigenvalue weighted by Gasteiger charge is -2.10. The van der Waals surface area contributed by atoms with Gasteiger partial charge in [-0.15, -0.1) is 0 Å². The Hall–Kier alpha value is -1.16. The van der Waals surface area contributed by atoms with E-state index in [0.29, 0.717) is 12.5 Å². The van der Waals surface area contributed by atoms with Gasteiger partial charge in [0.15, 0.2) is 0 Å². The molecule has 0 spiro atoms. The van der Waals surface area contributed by atoms with Crippen molar-refractivity contribution in [2.45, 2.75) is 26.7 Å². The normalized spacial score (nSPS) is 12.5. The van der Waals surface area contributed by atoms with Crippen molar-refractivity contribution in [2.24, 2.45) is 11.7 Å². The highest BCUT2D eigenvalue weighted by atomic mass is 15.0. The van der Waals surface area contributed by atoms with E-state index >= 15 is 0 Å². The summed E-state index contributed by atoms with van der Waals surface area (Å²) < 4.78 is 0. The van der Waals surface area contributed by atoms with Crippen molar-refractivity contribution in [1.29, 1.82) is 0 Å². The molecule has 0 amide bonds. The molecular formula is C11H20N4. The van der Waals surface area contributed by atoms with E-state index in [-0.39, 0.29) is 0 Å². The summed E-state index contributed by atoms with van der Waals surface area (Å²) in [7, 11) is 0. The lowest BCUT2D eigenvalue weighted by Crippen LogP contribution is -2.20. The topological polar surface area (TPSA) is 63.8 Å². The fourth-order valence-electron chi connectivity index (χ4n) is 1.25. The first-order valence-electron chi connectivity index (χ1n) is 5.51. The first-order valence-corrected chi connectivity index (χ1v) is 5.51. The van der Waals surface area contributed by atoms with Crippen molar-refractivity contribution >= 4 is 5.82 Å². The number of nitrogens with two attached hydrogens (primary N) is 1. The van der Waals surface area contributed by atoms with Crippen molar-refractivity contribution in [3.63, 3.8) is 0 Å². The van der Waals surface area contributed by atoms with E-state index in [4.69, 9.17) is 5.73 Å². The number of aryl methyl sites for hydroxylation is 1. The molecule has 1 aromatic rings. The van der Waals surface area contributed by atoms with Gasteiger partial charge in [-0.1, -0.05) is 20.3 Å². The maximum absolute atomic E-state index is 5.54. The SMILES string of the molecule is CCCc1cc(NCC(C)CN)ncn1. The van der Waals surface area contributed by atoms with Gasteiger partial charge in [0.05, 0.1) is 0 Å². The number of nitrogens with zero attached hydrogens (tertiary/aromatic N) is 2. The van der Waals surface area contributed by atoms with E-state index in [1.54, 1.807) is 6.33 Å². The molecule has 1 atom stereocenters. The lowest BCUT2D eigenvalue weighted by atomic mass is 10.2. The van der Waals surface area contributed by atoms with Crippen molar-refractivity contribution in [3.05, 3.63) is 18.1 Å². The van der Waals surface area contributed by atoms with Crippen molar-refractivity contribution in [3.8, 4) is 0 Å². The van der Waals surface area contributed by atoms with Gasteiger partial charge in [0.1, 0.15) is 12.1 Å². The van der Waals surface area contributed by atoms with Gasteiger partial charge in [0.25, 0.3) is 0 Å². The van der Waals surface area contributed by atoms with Crippen LogP contribution in [0.3, 0.4) is 0 Å². The number of rotatable bonds is 6. The second-order valence-electron chi connectivity index (χ2n) is 3.87. The zero-order valence-electron chi connectivity index (χ0n) is 9.53. The molecule has 0 aromatic carbocycles. The molecule has 0 aliphatic rings. The molecule has 0 saturated heterocycles. The fraction of sp³-hybridized carbons (Fsp3) is 0.636. The van der Waals surface area contributed by atoms with Gasteiger partial charge in [0.2, 0.25) is 0 Å². The Labute approximate surface area is 91.3 Å². The van der Waals surface area contributed by atoms with Crippen LogP contribution in [0.1, 0.15) is 26.0 Å². The highest BCUT2D eigenvalue weighted by Crippen LogP contribution is 2.06. The Morgan fingerprint density at radius 3 is 2.93 bits per heavy atom. The number of hydrogen-bond donors (Lipinski definition) is 2. The van der Waals surface area contributed by atoms with Gasteiger partial charge < -0.3 is 11.1 Å². The van der Waals surface area contributed by atoms with E-state index < -0.39 is 0 Å². The summed E-state index contributed by atoms with van der Waals surface area (Å²) in [6, 6.07) is 2.01. The van der Waals surface area contributed by atoms with Gasteiger partial charge in [-0.05, 0) is 18.9 Å². The van der Waals surface area contributed by atoms with Crippen LogP contribution in [-0.4, -0.2) is 23.1 Å². The molecule has 0 aliphatic carbocycles. The van der Waals surface area contributed by atoms with Gasteiger partial charge in [-0.25, -0.2) is 9.97 Å². The first-order chi connectivity index (χ1) is 7.26. The van der Waals surface area contributed by atoms with Crippen LogP contribution >= 0.6 is 0 Å². The fourth-order valence-corrected chi connectivity index (χ4v) is 1.25. The molecule has 0 bridgehead atoms. The molecule has 4 heteroatoms. The maximum Gasteiger partial charge on any atom is 0.129 e. The standard InChI is InChI=1S/C11H20N4/c1-3-4-10-5-11(15-8-14-10)13-7-9(2)6-12/h5,8-9H,3-4,6-7,12H2,1-2H3,(H,13,14,15). The highest BCUT2D eigenvalue weighted by molar-refractivity contribution is 5.34. The van der Waals surface area contributed by atoms with Crippen LogP contribution in [-0.2, 0) is 6.42 Å². The maximum atomic E-state index is 5.54. The monoisotopic (exact) mass is 208 g/mol. The molecule has 0 radical (unpaired) electrons. The Bertz CT molecular complexity index is 288. The Kier molecular flexibility index (Phi) is 5.04. The van der Waals surface area contributed by atoms with Crippen LogP contribution in [0.15, 0.2) is 12.4 Å². The van der Waals surface area contributed by atoms with Gasteiger partial charge in [-0.3, -0.25) is 0 Å². The van der Waals surface area contributed by atoms with E-state index in [0.717, 1.165) is 30.9 Å². The van der Waals surface area contributed by atoms with Crippen LogP contribution < -0.4 is 11.1 Å². The van der Waals surface area contributed by atoms with E-state index in [1.807, 2.05) is 6.07 Å². The van der Waals surface area contributed by atoms with Gasteiger partial charge >= 0.3 is 0 Å². The number of anilines is 1. The molecule has 1 aromatic heterocycles. The third kappa shape index (κ3) is 4.25. The summed E-state index contributed by atoms with van der Waals surface area (Å²) in [4.78, 5) is 8.37. The molecule has 1 unspecified atom stereocenters. The van der Waals surface area contributed by atoms with Gasteiger partial charge in [-0.2, -0.15) is 0 Å². The number of nitrogens with one attached hydrogen (secondary N) is 1. The Morgan fingerprint density at radius 1 is 1.47 bits per heavy atom. The van der Waals surface area contributed by atoms with Crippen LogP contribution in [0.25, 0.3) is 0 Å². The minimum absolute atomic E-state index is 0.467. The predicted molar refractivity (Wildman–Crippen MR) is 62.7 cm³/mol. The molecule has 15 heavy (non-hydrogen) atoms. The molecule has 0 fully saturated rings. The third-order valence-electron chi connectivity index (χ3n) is 2.26. The molecule has 84 valence electrons. The quantitative estimate of drug-likeness (QED) is 0.742. The average Bonchev–Trinajstić information content (AvgIpc) is 2.27. The first kappa shape index (κ1) is 11.9. The van der Waals surface area contributed by atoms with E-state index in [2.05, 4.69) is 29.1 Å². The summed E-state index contributed by atoms with van der Waals surface area (Å²) in [5, 5.41) is 3.26. The van der Waals surface area contributed by atoms with Gasteiger partial charge in [0, 0.05) is 18.3 Å². The molecule has 0 saturated carbocycles. The minimum atomic E-state index is 0.467. The predicted octanol–water partition coefficient (Wildman–Crippen LogP) is 1.44. The van der Waals surface area contributed by atoms with Crippen molar-refractivity contribution in [2.75, 3.05) is 18.4 Å². The molecule has 1 rings (SSSR count). The molecule has 1 heterocycles. The summed E-state index contributed by atoms with van der Waals surface area (Å²) in [5.41, 5.74) is 6.63.